The molecule has 1 aliphatic rings. The Hall–Kier alpha value is -0.570. The standard InChI is InChI=1S/C12H17BrN2/c1-9-5-4-8-15(10(9)2)12-11(13)6-3-7-14-12/h3,6-7,9-10H,4-5,8H2,1-2H3. The molecule has 2 atom stereocenters. The molecule has 1 fully saturated rings. The van der Waals surface area contributed by atoms with Crippen molar-refractivity contribution in [3.8, 4) is 0 Å². The van der Waals surface area contributed by atoms with Gasteiger partial charge in [-0.05, 0) is 53.7 Å². The minimum atomic E-state index is 0.588. The van der Waals surface area contributed by atoms with Crippen LogP contribution < -0.4 is 4.90 Å². The topological polar surface area (TPSA) is 16.1 Å². The zero-order valence-electron chi connectivity index (χ0n) is 9.28. The first kappa shape index (κ1) is 10.9. The fourth-order valence-electron chi connectivity index (χ4n) is 2.22. The van der Waals surface area contributed by atoms with E-state index in [1.807, 2.05) is 12.3 Å². The minimum Gasteiger partial charge on any atom is -0.353 e. The van der Waals surface area contributed by atoms with E-state index < -0.39 is 0 Å². The van der Waals surface area contributed by atoms with Crippen molar-refractivity contribution in [2.75, 3.05) is 11.4 Å². The number of hydrogen-bond acceptors (Lipinski definition) is 2. The van der Waals surface area contributed by atoms with Crippen LogP contribution in [-0.2, 0) is 0 Å². The van der Waals surface area contributed by atoms with Crippen LogP contribution in [0.5, 0.6) is 0 Å². The van der Waals surface area contributed by atoms with Crippen LogP contribution >= 0.6 is 15.9 Å². The molecule has 1 aromatic rings. The lowest BCUT2D eigenvalue weighted by atomic mass is 9.92. The van der Waals surface area contributed by atoms with E-state index in [-0.39, 0.29) is 0 Å². The first-order valence-corrected chi connectivity index (χ1v) is 6.36. The van der Waals surface area contributed by atoms with Gasteiger partial charge in [0.05, 0.1) is 4.47 Å². The fraction of sp³-hybridized carbons (Fsp3) is 0.583. The van der Waals surface area contributed by atoms with Crippen LogP contribution in [0, 0.1) is 5.92 Å². The van der Waals surface area contributed by atoms with Crippen molar-refractivity contribution in [3.05, 3.63) is 22.8 Å². The fourth-order valence-corrected chi connectivity index (χ4v) is 2.71. The van der Waals surface area contributed by atoms with E-state index in [0.29, 0.717) is 6.04 Å². The summed E-state index contributed by atoms with van der Waals surface area (Å²) in [6.07, 6.45) is 4.47. The van der Waals surface area contributed by atoms with E-state index in [0.717, 1.165) is 22.8 Å². The quantitative estimate of drug-likeness (QED) is 0.776. The van der Waals surface area contributed by atoms with Gasteiger partial charge in [0.25, 0.3) is 0 Å². The van der Waals surface area contributed by atoms with Gasteiger partial charge in [-0.3, -0.25) is 0 Å². The molecule has 0 spiro atoms. The van der Waals surface area contributed by atoms with Gasteiger partial charge in [-0.25, -0.2) is 4.98 Å². The number of anilines is 1. The van der Waals surface area contributed by atoms with E-state index in [1.54, 1.807) is 0 Å². The first-order chi connectivity index (χ1) is 7.20. The Morgan fingerprint density at radius 1 is 1.47 bits per heavy atom. The number of pyridine rings is 1. The summed E-state index contributed by atoms with van der Waals surface area (Å²) in [5.41, 5.74) is 0. The van der Waals surface area contributed by atoms with E-state index in [4.69, 9.17) is 0 Å². The summed E-state index contributed by atoms with van der Waals surface area (Å²) in [4.78, 5) is 6.88. The SMILES string of the molecule is CC1CCCN(c2ncccc2Br)C1C. The molecular weight excluding hydrogens is 252 g/mol. The second-order valence-electron chi connectivity index (χ2n) is 4.36. The van der Waals surface area contributed by atoms with Crippen LogP contribution in [0.2, 0.25) is 0 Å². The molecule has 0 radical (unpaired) electrons. The summed E-state index contributed by atoms with van der Waals surface area (Å²) in [6, 6.07) is 4.62. The number of halogens is 1. The Kier molecular flexibility index (Phi) is 3.29. The zero-order valence-corrected chi connectivity index (χ0v) is 10.9. The van der Waals surface area contributed by atoms with Crippen molar-refractivity contribution in [1.82, 2.24) is 4.98 Å². The van der Waals surface area contributed by atoms with Crippen LogP contribution in [0.4, 0.5) is 5.82 Å². The molecule has 1 aliphatic heterocycles. The van der Waals surface area contributed by atoms with Gasteiger partial charge in [-0.15, -0.1) is 0 Å². The second kappa shape index (κ2) is 4.52. The molecule has 1 aromatic heterocycles. The summed E-state index contributed by atoms with van der Waals surface area (Å²) >= 11 is 3.58. The van der Waals surface area contributed by atoms with Gasteiger partial charge in [-0.1, -0.05) is 6.92 Å². The molecule has 3 heteroatoms. The largest absolute Gasteiger partial charge is 0.353 e. The molecule has 0 N–H and O–H groups in total. The highest BCUT2D eigenvalue weighted by molar-refractivity contribution is 9.10. The van der Waals surface area contributed by atoms with Crippen molar-refractivity contribution < 1.29 is 0 Å². The Balaban J connectivity index is 2.26. The molecule has 0 saturated carbocycles. The van der Waals surface area contributed by atoms with Crippen molar-refractivity contribution in [3.63, 3.8) is 0 Å². The van der Waals surface area contributed by atoms with Crippen molar-refractivity contribution >= 4 is 21.7 Å². The number of rotatable bonds is 1. The number of nitrogens with zero attached hydrogens (tertiary/aromatic N) is 2. The van der Waals surface area contributed by atoms with Crippen LogP contribution in [0.3, 0.4) is 0 Å². The molecule has 82 valence electrons. The number of hydrogen-bond donors (Lipinski definition) is 0. The molecule has 15 heavy (non-hydrogen) atoms. The Morgan fingerprint density at radius 2 is 2.27 bits per heavy atom. The average Bonchev–Trinajstić information content (AvgIpc) is 2.23. The molecule has 2 rings (SSSR count). The molecule has 2 heterocycles. The number of aromatic nitrogens is 1. The molecule has 2 nitrogen and oxygen atoms in total. The molecule has 0 aromatic carbocycles. The highest BCUT2D eigenvalue weighted by atomic mass is 79.9. The lowest BCUT2D eigenvalue weighted by Gasteiger charge is -2.39. The van der Waals surface area contributed by atoms with E-state index in [1.165, 1.54) is 12.8 Å². The molecule has 0 amide bonds. The van der Waals surface area contributed by atoms with Crippen molar-refractivity contribution in [1.29, 1.82) is 0 Å². The Labute approximate surface area is 99.8 Å². The summed E-state index contributed by atoms with van der Waals surface area (Å²) in [5.74, 6) is 1.85. The summed E-state index contributed by atoms with van der Waals surface area (Å²) in [6.45, 7) is 5.75. The minimum absolute atomic E-state index is 0.588. The van der Waals surface area contributed by atoms with Crippen LogP contribution in [-0.4, -0.2) is 17.6 Å². The summed E-state index contributed by atoms with van der Waals surface area (Å²) in [5, 5.41) is 0. The lowest BCUT2D eigenvalue weighted by molar-refractivity contribution is 0.361. The van der Waals surface area contributed by atoms with Crippen molar-refractivity contribution in [2.45, 2.75) is 32.7 Å². The third-order valence-corrected chi connectivity index (χ3v) is 4.00. The summed E-state index contributed by atoms with van der Waals surface area (Å²) in [7, 11) is 0. The highest BCUT2D eigenvalue weighted by Crippen LogP contribution is 2.31. The second-order valence-corrected chi connectivity index (χ2v) is 5.22. The predicted octanol–water partition coefficient (Wildman–Crippen LogP) is 3.47. The Bertz CT molecular complexity index is 340. The maximum atomic E-state index is 4.47. The molecule has 0 aliphatic carbocycles. The predicted molar refractivity (Wildman–Crippen MR) is 67.1 cm³/mol. The van der Waals surface area contributed by atoms with E-state index >= 15 is 0 Å². The molecule has 0 bridgehead atoms. The van der Waals surface area contributed by atoms with Gasteiger partial charge < -0.3 is 4.90 Å². The normalized spacial score (nSPS) is 26.7. The molecule has 1 saturated heterocycles. The summed E-state index contributed by atoms with van der Waals surface area (Å²) < 4.78 is 1.10. The van der Waals surface area contributed by atoms with Crippen LogP contribution in [0.25, 0.3) is 0 Å². The van der Waals surface area contributed by atoms with Gasteiger partial charge in [0, 0.05) is 18.8 Å². The smallest absolute Gasteiger partial charge is 0.143 e. The van der Waals surface area contributed by atoms with Gasteiger partial charge in [0.15, 0.2) is 0 Å². The van der Waals surface area contributed by atoms with E-state index in [9.17, 15) is 0 Å². The third-order valence-electron chi connectivity index (χ3n) is 3.38. The Morgan fingerprint density at radius 3 is 3.00 bits per heavy atom. The first-order valence-electron chi connectivity index (χ1n) is 5.57. The van der Waals surface area contributed by atoms with E-state index in [2.05, 4.69) is 45.7 Å². The number of piperidine rings is 1. The van der Waals surface area contributed by atoms with Gasteiger partial charge in [-0.2, -0.15) is 0 Å². The third kappa shape index (κ3) is 2.17. The zero-order chi connectivity index (χ0) is 10.8. The monoisotopic (exact) mass is 268 g/mol. The van der Waals surface area contributed by atoms with Crippen LogP contribution in [0.1, 0.15) is 26.7 Å². The maximum Gasteiger partial charge on any atom is 0.143 e. The average molecular weight is 269 g/mol. The maximum absolute atomic E-state index is 4.47. The molecule has 2 unspecified atom stereocenters. The van der Waals surface area contributed by atoms with Gasteiger partial charge in [0.2, 0.25) is 0 Å². The van der Waals surface area contributed by atoms with Crippen LogP contribution in [0.15, 0.2) is 22.8 Å². The van der Waals surface area contributed by atoms with Gasteiger partial charge in [0.1, 0.15) is 5.82 Å². The highest BCUT2D eigenvalue weighted by Gasteiger charge is 2.26. The molecular formula is C12H17BrN2. The van der Waals surface area contributed by atoms with Gasteiger partial charge >= 0.3 is 0 Å². The van der Waals surface area contributed by atoms with Crippen molar-refractivity contribution in [2.24, 2.45) is 5.92 Å². The lowest BCUT2D eigenvalue weighted by Crippen LogP contribution is -2.43.